The molecule has 0 aromatic heterocycles. The first-order valence-corrected chi connectivity index (χ1v) is 8.38. The Morgan fingerprint density at radius 2 is 1.64 bits per heavy atom. The number of para-hydroxylation sites is 1. The van der Waals surface area contributed by atoms with Gasteiger partial charge in [0.05, 0.1) is 10.9 Å². The maximum Gasteiger partial charge on any atom is 0.288 e. The number of carbonyl (C=O) groups excluding carboxylic acids is 1. The summed E-state index contributed by atoms with van der Waals surface area (Å²) in [5, 5.41) is 2.40. The highest BCUT2D eigenvalue weighted by atomic mass is 32.2. The fourth-order valence-corrected chi connectivity index (χ4v) is 3.24. The molecule has 0 fully saturated rings. The van der Waals surface area contributed by atoms with Gasteiger partial charge in [0, 0.05) is 9.79 Å². The number of hydrogen-bond acceptors (Lipinski definition) is 3. The Bertz CT molecular complexity index is 623. The second-order valence-electron chi connectivity index (χ2n) is 4.44. The molecule has 0 aliphatic carbocycles. The summed E-state index contributed by atoms with van der Waals surface area (Å²) in [5.74, 6) is -2.73. The highest BCUT2D eigenvalue weighted by Crippen LogP contribution is 2.32. The minimum absolute atomic E-state index is 0.212. The van der Waals surface area contributed by atoms with Crippen LogP contribution in [0.4, 0.5) is 14.5 Å². The summed E-state index contributed by atoms with van der Waals surface area (Å²) in [6.07, 6.45) is 0. The van der Waals surface area contributed by atoms with Gasteiger partial charge in [-0.3, -0.25) is 4.79 Å². The van der Waals surface area contributed by atoms with Crippen LogP contribution in [-0.2, 0) is 4.79 Å². The molecule has 1 amide bonds. The Hall–Kier alpha value is -1.53. The number of benzene rings is 2. The fraction of sp³-hybridized carbons (Fsp3) is 0.188. The topological polar surface area (TPSA) is 29.1 Å². The molecule has 2 aromatic rings. The van der Waals surface area contributed by atoms with Gasteiger partial charge in [-0.1, -0.05) is 42.1 Å². The molecule has 0 bridgehead atoms. The first-order valence-electron chi connectivity index (χ1n) is 6.62. The molecule has 2 aromatic carbocycles. The van der Waals surface area contributed by atoms with E-state index in [1.807, 2.05) is 30.3 Å². The molecule has 1 unspecified atom stereocenters. The van der Waals surface area contributed by atoms with Gasteiger partial charge in [0.2, 0.25) is 5.91 Å². The second kappa shape index (κ2) is 8.19. The fourth-order valence-electron chi connectivity index (χ4n) is 1.76. The van der Waals surface area contributed by atoms with Gasteiger partial charge in [-0.15, -0.1) is 11.8 Å². The Kier molecular flexibility index (Phi) is 6.27. The van der Waals surface area contributed by atoms with Crippen LogP contribution >= 0.6 is 23.5 Å². The van der Waals surface area contributed by atoms with Crippen molar-refractivity contribution in [1.29, 1.82) is 0 Å². The Morgan fingerprint density at radius 1 is 1.00 bits per heavy atom. The summed E-state index contributed by atoms with van der Waals surface area (Å²) in [4.78, 5) is 13.6. The van der Waals surface area contributed by atoms with Crippen LogP contribution in [0.2, 0.25) is 0 Å². The van der Waals surface area contributed by atoms with Crippen LogP contribution in [0.3, 0.4) is 0 Å². The van der Waals surface area contributed by atoms with Crippen molar-refractivity contribution < 1.29 is 13.6 Å². The maximum atomic E-state index is 12.5. The van der Waals surface area contributed by atoms with Crippen LogP contribution in [-0.4, -0.2) is 16.9 Å². The van der Waals surface area contributed by atoms with Gasteiger partial charge < -0.3 is 5.32 Å². The Morgan fingerprint density at radius 3 is 2.32 bits per heavy atom. The molecule has 0 saturated heterocycles. The lowest BCUT2D eigenvalue weighted by atomic mass is 10.3. The van der Waals surface area contributed by atoms with Crippen molar-refractivity contribution in [2.45, 2.75) is 27.7 Å². The van der Waals surface area contributed by atoms with Crippen molar-refractivity contribution in [3.8, 4) is 0 Å². The number of rotatable bonds is 6. The van der Waals surface area contributed by atoms with E-state index in [2.05, 4.69) is 5.32 Å². The average Bonchev–Trinajstić information content (AvgIpc) is 2.49. The van der Waals surface area contributed by atoms with Gasteiger partial charge in [-0.2, -0.15) is 8.78 Å². The standard InChI is InChI=1S/C16H15F2NOS2/c1-11(21-12-7-3-2-4-8-12)15(20)19-13-9-5-6-10-14(13)22-16(17)18/h2-11,16H,1H3,(H,19,20). The van der Waals surface area contributed by atoms with E-state index >= 15 is 0 Å². The first kappa shape index (κ1) is 16.8. The van der Waals surface area contributed by atoms with E-state index < -0.39 is 5.76 Å². The molecule has 1 N–H and O–H groups in total. The molecule has 0 radical (unpaired) electrons. The van der Waals surface area contributed by atoms with E-state index in [9.17, 15) is 13.6 Å². The lowest BCUT2D eigenvalue weighted by molar-refractivity contribution is -0.115. The predicted octanol–water partition coefficient (Wildman–Crippen LogP) is 5.12. The monoisotopic (exact) mass is 339 g/mol. The third-order valence-corrected chi connectivity index (χ3v) is 4.69. The van der Waals surface area contributed by atoms with E-state index in [0.29, 0.717) is 22.3 Å². The highest BCUT2D eigenvalue weighted by molar-refractivity contribution is 8.00. The van der Waals surface area contributed by atoms with Crippen LogP contribution < -0.4 is 5.32 Å². The highest BCUT2D eigenvalue weighted by Gasteiger charge is 2.17. The molecule has 0 spiro atoms. The van der Waals surface area contributed by atoms with Crippen molar-refractivity contribution in [1.82, 2.24) is 0 Å². The molecule has 6 heteroatoms. The molecule has 2 rings (SSSR count). The summed E-state index contributed by atoms with van der Waals surface area (Å²) >= 11 is 1.85. The predicted molar refractivity (Wildman–Crippen MR) is 88.7 cm³/mol. The van der Waals surface area contributed by atoms with Gasteiger partial charge in [0.15, 0.2) is 0 Å². The summed E-state index contributed by atoms with van der Waals surface area (Å²) in [6.45, 7) is 1.79. The minimum atomic E-state index is -2.52. The van der Waals surface area contributed by atoms with Crippen molar-refractivity contribution in [3.05, 3.63) is 54.6 Å². The zero-order chi connectivity index (χ0) is 15.9. The van der Waals surface area contributed by atoms with Gasteiger partial charge in [0.1, 0.15) is 0 Å². The van der Waals surface area contributed by atoms with Crippen molar-refractivity contribution in [2.75, 3.05) is 5.32 Å². The van der Waals surface area contributed by atoms with Gasteiger partial charge >= 0.3 is 0 Å². The normalized spacial score (nSPS) is 12.2. The van der Waals surface area contributed by atoms with Gasteiger partial charge in [0.25, 0.3) is 5.76 Å². The summed E-state index contributed by atoms with van der Waals surface area (Å²) in [6, 6.07) is 16.1. The third kappa shape index (κ3) is 5.03. The third-order valence-electron chi connectivity index (χ3n) is 2.79. The van der Waals surface area contributed by atoms with Gasteiger partial charge in [-0.05, 0) is 31.2 Å². The average molecular weight is 339 g/mol. The first-order chi connectivity index (χ1) is 10.6. The number of halogens is 2. The molecule has 22 heavy (non-hydrogen) atoms. The molecule has 1 atom stereocenters. The maximum absolute atomic E-state index is 12.5. The molecule has 0 saturated carbocycles. The quantitative estimate of drug-likeness (QED) is 0.741. The molecule has 0 aliphatic heterocycles. The lowest BCUT2D eigenvalue weighted by Crippen LogP contribution is -2.22. The molecular weight excluding hydrogens is 324 g/mol. The number of alkyl halides is 2. The Balaban J connectivity index is 2.02. The minimum Gasteiger partial charge on any atom is -0.324 e. The SMILES string of the molecule is CC(Sc1ccccc1)C(=O)Nc1ccccc1SC(F)F. The molecular formula is C16H15F2NOS2. The number of hydrogen-bond donors (Lipinski definition) is 1. The number of thioether (sulfide) groups is 2. The van der Waals surface area contributed by atoms with Crippen molar-refractivity contribution >= 4 is 35.1 Å². The lowest BCUT2D eigenvalue weighted by Gasteiger charge is -2.14. The molecule has 0 heterocycles. The zero-order valence-corrected chi connectivity index (χ0v) is 13.5. The van der Waals surface area contributed by atoms with Crippen LogP contribution in [0.25, 0.3) is 0 Å². The van der Waals surface area contributed by atoms with E-state index in [4.69, 9.17) is 0 Å². The smallest absolute Gasteiger partial charge is 0.288 e. The number of nitrogens with one attached hydrogen (secondary N) is 1. The van der Waals surface area contributed by atoms with Crippen LogP contribution in [0, 0.1) is 0 Å². The van der Waals surface area contributed by atoms with E-state index in [1.165, 1.54) is 11.8 Å². The zero-order valence-electron chi connectivity index (χ0n) is 11.8. The van der Waals surface area contributed by atoms with Crippen LogP contribution in [0.5, 0.6) is 0 Å². The Labute approximate surface area is 136 Å². The molecule has 0 aliphatic rings. The van der Waals surface area contributed by atoms with Crippen LogP contribution in [0.15, 0.2) is 64.4 Å². The largest absolute Gasteiger partial charge is 0.324 e. The summed E-state index contributed by atoms with van der Waals surface area (Å²) in [5.41, 5.74) is 0.415. The number of carbonyl (C=O) groups is 1. The summed E-state index contributed by atoms with van der Waals surface area (Å²) < 4.78 is 25.1. The van der Waals surface area contributed by atoms with Crippen LogP contribution in [0.1, 0.15) is 6.92 Å². The van der Waals surface area contributed by atoms with E-state index in [1.54, 1.807) is 31.2 Å². The number of anilines is 1. The second-order valence-corrected chi connectivity index (χ2v) is 6.88. The van der Waals surface area contributed by atoms with Gasteiger partial charge in [-0.25, -0.2) is 0 Å². The van der Waals surface area contributed by atoms with E-state index in [0.717, 1.165) is 4.90 Å². The van der Waals surface area contributed by atoms with Crippen molar-refractivity contribution in [3.63, 3.8) is 0 Å². The molecule has 116 valence electrons. The van der Waals surface area contributed by atoms with E-state index in [-0.39, 0.29) is 11.2 Å². The summed E-state index contributed by atoms with van der Waals surface area (Å²) in [7, 11) is 0. The van der Waals surface area contributed by atoms with Crippen molar-refractivity contribution in [2.24, 2.45) is 0 Å². The molecule has 2 nitrogen and oxygen atoms in total. The number of amides is 1.